The molecule has 1 fully saturated rings. The van der Waals surface area contributed by atoms with E-state index < -0.39 is 55.1 Å². The number of allylic oxidation sites excluding steroid dienone is 2. The van der Waals surface area contributed by atoms with Gasteiger partial charge in [0, 0.05) is 29.4 Å². The number of rotatable bonds is 7. The zero-order valence-corrected chi connectivity index (χ0v) is 21.0. The molecule has 1 aromatic rings. The Bertz CT molecular complexity index is 1360. The van der Waals surface area contributed by atoms with E-state index in [1.165, 1.54) is 38.5 Å². The monoisotopic (exact) mass is 562 g/mol. The van der Waals surface area contributed by atoms with E-state index in [-0.39, 0.29) is 57.0 Å². The average Bonchev–Trinajstić information content (AvgIpc) is 2.93. The molecule has 1 saturated heterocycles. The van der Waals surface area contributed by atoms with Gasteiger partial charge in [0.2, 0.25) is 17.8 Å². The molecule has 214 valence electrons. The van der Waals surface area contributed by atoms with Crippen LogP contribution in [0.1, 0.15) is 5.56 Å². The Balaban J connectivity index is 1.73. The van der Waals surface area contributed by atoms with Crippen LogP contribution in [0.3, 0.4) is 0 Å². The maximum absolute atomic E-state index is 11.9. The van der Waals surface area contributed by atoms with Crippen LogP contribution in [0.25, 0.3) is 5.76 Å². The zero-order valence-electron chi connectivity index (χ0n) is 21.0. The number of aromatic hydroxyl groups is 1. The highest BCUT2D eigenvalue weighted by Gasteiger charge is 2.47. The van der Waals surface area contributed by atoms with Crippen LogP contribution in [0, 0.1) is 0 Å². The molecule has 14 nitrogen and oxygen atoms in total. The fourth-order valence-corrected chi connectivity index (χ4v) is 4.68. The van der Waals surface area contributed by atoms with E-state index in [1.54, 1.807) is 0 Å². The minimum absolute atomic E-state index is 0.0196. The molecule has 0 saturated carbocycles. The second-order valence-electron chi connectivity index (χ2n) is 9.08. The summed E-state index contributed by atoms with van der Waals surface area (Å²) in [7, 11) is 2.61. The van der Waals surface area contributed by atoms with Crippen molar-refractivity contribution in [2.75, 3.05) is 20.8 Å². The second kappa shape index (κ2) is 10.4. The molecule has 3 heterocycles. The first-order valence-electron chi connectivity index (χ1n) is 11.9. The number of carbonyl (C=O) groups is 1. The van der Waals surface area contributed by atoms with Crippen LogP contribution in [-0.4, -0.2) is 99.4 Å². The lowest BCUT2D eigenvalue weighted by Gasteiger charge is -2.41. The van der Waals surface area contributed by atoms with Crippen molar-refractivity contribution in [3.8, 4) is 17.2 Å². The summed E-state index contributed by atoms with van der Waals surface area (Å²) in [5, 5.41) is 71.2. The van der Waals surface area contributed by atoms with Crippen molar-refractivity contribution >= 4 is 11.7 Å². The molecule has 3 aliphatic heterocycles. The van der Waals surface area contributed by atoms with Gasteiger partial charge in [0.05, 0.1) is 26.4 Å². The number of aliphatic carboxylic acids is 1. The van der Waals surface area contributed by atoms with Gasteiger partial charge in [-0.1, -0.05) is 0 Å². The van der Waals surface area contributed by atoms with Gasteiger partial charge in [0.25, 0.3) is 0 Å². The van der Waals surface area contributed by atoms with E-state index in [0.717, 1.165) is 6.08 Å². The van der Waals surface area contributed by atoms with Crippen LogP contribution >= 0.6 is 0 Å². The van der Waals surface area contributed by atoms with E-state index in [0.29, 0.717) is 0 Å². The number of aliphatic hydroxyl groups is 5. The molecule has 6 atom stereocenters. The normalized spacial score (nSPS) is 29.3. The number of ether oxygens (including phenoxy) is 6. The predicted octanol–water partition coefficient (Wildman–Crippen LogP) is -0.0720. The van der Waals surface area contributed by atoms with Crippen LogP contribution in [0.15, 0.2) is 64.5 Å². The van der Waals surface area contributed by atoms with Crippen LogP contribution in [0.5, 0.6) is 17.2 Å². The van der Waals surface area contributed by atoms with Crippen LogP contribution in [0.4, 0.5) is 0 Å². The molecule has 14 heteroatoms. The van der Waals surface area contributed by atoms with Crippen LogP contribution in [-0.2, 0) is 23.7 Å². The lowest BCUT2D eigenvalue weighted by Crippen LogP contribution is -2.59. The minimum Gasteiger partial charge on any atom is -0.508 e. The fraction of sp³-hybridized carbons (Fsp3) is 0.346. The summed E-state index contributed by atoms with van der Waals surface area (Å²) in [5.41, 5.74) is 0.565. The van der Waals surface area contributed by atoms with Gasteiger partial charge in [0.1, 0.15) is 35.9 Å². The third kappa shape index (κ3) is 4.51. The Kier molecular flexibility index (Phi) is 7.12. The number of phenols is 1. The van der Waals surface area contributed by atoms with Gasteiger partial charge < -0.3 is 64.2 Å². The first kappa shape index (κ1) is 27.4. The van der Waals surface area contributed by atoms with Crippen molar-refractivity contribution in [1.29, 1.82) is 0 Å². The fourth-order valence-electron chi connectivity index (χ4n) is 4.68. The van der Waals surface area contributed by atoms with Gasteiger partial charge in [-0.05, 0) is 12.1 Å². The van der Waals surface area contributed by atoms with Crippen molar-refractivity contribution in [2.24, 2.45) is 0 Å². The number of hydrogen-bond donors (Lipinski definition) is 7. The van der Waals surface area contributed by atoms with E-state index in [1.807, 2.05) is 0 Å². The molecular formula is C26H26O14. The molecule has 5 rings (SSSR count). The summed E-state index contributed by atoms with van der Waals surface area (Å²) in [6.45, 7) is -0.719. The highest BCUT2D eigenvalue weighted by atomic mass is 16.7. The van der Waals surface area contributed by atoms with Gasteiger partial charge in [-0.2, -0.15) is 0 Å². The molecule has 0 amide bonds. The Morgan fingerprint density at radius 3 is 2.27 bits per heavy atom. The summed E-state index contributed by atoms with van der Waals surface area (Å²) in [4.78, 5) is 11.9. The SMILES string of the molecule is COc1cc(C2=C(OC3OC(CO)C(O)C(O)C3O)C3=C4C(=CC(O)=CC4O2)OC(C(=O)O)=C3)cc(OC)c1O. The molecule has 1 aromatic carbocycles. The first-order chi connectivity index (χ1) is 19.1. The first-order valence-corrected chi connectivity index (χ1v) is 11.9. The molecule has 6 unspecified atom stereocenters. The molecule has 40 heavy (non-hydrogen) atoms. The second-order valence-corrected chi connectivity index (χ2v) is 9.08. The van der Waals surface area contributed by atoms with E-state index >= 15 is 0 Å². The van der Waals surface area contributed by atoms with Crippen molar-refractivity contribution in [3.05, 3.63) is 70.1 Å². The highest BCUT2D eigenvalue weighted by Crippen LogP contribution is 2.48. The molecule has 0 bridgehead atoms. The molecule has 4 aliphatic rings. The van der Waals surface area contributed by atoms with Crippen molar-refractivity contribution in [1.82, 2.24) is 0 Å². The van der Waals surface area contributed by atoms with Crippen molar-refractivity contribution in [3.63, 3.8) is 0 Å². The molecule has 1 aliphatic carbocycles. The maximum atomic E-state index is 11.9. The van der Waals surface area contributed by atoms with Gasteiger partial charge in [-0.3, -0.25) is 0 Å². The zero-order chi connectivity index (χ0) is 28.9. The number of benzene rings is 1. The van der Waals surface area contributed by atoms with E-state index in [2.05, 4.69) is 0 Å². The highest BCUT2D eigenvalue weighted by molar-refractivity contribution is 5.88. The van der Waals surface area contributed by atoms with Gasteiger partial charge >= 0.3 is 5.97 Å². The number of carboxylic acid groups (broad SMARTS) is 1. The standard InChI is InChI=1S/C26H26O14/c1-35-14-3-9(4-15(36-2)19(14)29)23-24(40-26-22(32)21(31)20(30)17(8-27)39-26)11-7-16(25(33)34)37-12-5-10(28)6-13(38-23)18(11)12/h3-7,13,17,20-22,26-32H,8H2,1-2H3,(H,33,34). The van der Waals surface area contributed by atoms with E-state index in [4.69, 9.17) is 28.4 Å². The average molecular weight is 562 g/mol. The maximum Gasteiger partial charge on any atom is 0.371 e. The number of methoxy groups -OCH3 is 2. The Morgan fingerprint density at radius 2 is 1.68 bits per heavy atom. The quantitative estimate of drug-likeness (QED) is 0.232. The lowest BCUT2D eigenvalue weighted by molar-refractivity contribution is -0.290. The predicted molar refractivity (Wildman–Crippen MR) is 130 cm³/mol. The molecule has 0 aromatic heterocycles. The third-order valence-electron chi connectivity index (χ3n) is 6.67. The summed E-state index contributed by atoms with van der Waals surface area (Å²) >= 11 is 0. The third-order valence-corrected chi connectivity index (χ3v) is 6.67. The number of carboxylic acids is 1. The Labute approximate surface area is 226 Å². The number of phenolic OH excluding ortho intramolecular Hbond substituents is 1. The van der Waals surface area contributed by atoms with Gasteiger partial charge in [-0.15, -0.1) is 0 Å². The van der Waals surface area contributed by atoms with E-state index in [9.17, 15) is 40.5 Å². The lowest BCUT2D eigenvalue weighted by atomic mass is 9.89. The molecule has 0 spiro atoms. The minimum atomic E-state index is -1.81. The topological polar surface area (TPSA) is 214 Å². The summed E-state index contributed by atoms with van der Waals surface area (Å²) < 4.78 is 33.7. The molecule has 0 radical (unpaired) electrons. The smallest absolute Gasteiger partial charge is 0.371 e. The van der Waals surface area contributed by atoms with Crippen molar-refractivity contribution < 1.29 is 69.0 Å². The van der Waals surface area contributed by atoms with Gasteiger partial charge in [0.15, 0.2) is 29.1 Å². The summed E-state index contributed by atoms with van der Waals surface area (Å²) in [5.74, 6) is -2.94. The summed E-state index contributed by atoms with van der Waals surface area (Å²) in [6, 6.07) is 2.75. The molecular weight excluding hydrogens is 536 g/mol. The Morgan fingerprint density at radius 1 is 1.00 bits per heavy atom. The van der Waals surface area contributed by atoms with Crippen molar-refractivity contribution in [2.45, 2.75) is 36.8 Å². The largest absolute Gasteiger partial charge is 0.508 e. The Hall–Kier alpha value is -4.21. The number of aliphatic hydroxyl groups excluding tert-OH is 5. The number of hydrogen-bond acceptors (Lipinski definition) is 13. The van der Waals surface area contributed by atoms with Crippen LogP contribution in [0.2, 0.25) is 0 Å². The van der Waals surface area contributed by atoms with Gasteiger partial charge in [-0.25, -0.2) is 4.79 Å². The van der Waals surface area contributed by atoms with Crippen LogP contribution < -0.4 is 9.47 Å². The summed E-state index contributed by atoms with van der Waals surface area (Å²) in [6.07, 6.45) is -5.56. The molecule has 7 N–H and O–H groups in total.